The molecule has 2 saturated carbocycles. The Morgan fingerprint density at radius 2 is 2.04 bits per heavy atom. The van der Waals surface area contributed by atoms with E-state index in [0.717, 1.165) is 37.5 Å². The van der Waals surface area contributed by atoms with Crippen molar-refractivity contribution in [2.24, 2.45) is 5.92 Å². The average Bonchev–Trinajstić information content (AvgIpc) is 3.22. The third-order valence-electron chi connectivity index (χ3n) is 5.46. The predicted molar refractivity (Wildman–Crippen MR) is 99.1 cm³/mol. The third-order valence-corrected chi connectivity index (χ3v) is 5.46. The van der Waals surface area contributed by atoms with Crippen LogP contribution in [0.1, 0.15) is 31.2 Å². The largest absolute Gasteiger partial charge is 0.480 e. The minimum Gasteiger partial charge on any atom is -0.480 e. The summed E-state index contributed by atoms with van der Waals surface area (Å²) in [5.41, 5.74) is 2.32. The molecule has 1 aromatic heterocycles. The molecule has 26 heavy (non-hydrogen) atoms. The van der Waals surface area contributed by atoms with Crippen molar-refractivity contribution in [3.8, 4) is 5.69 Å². The van der Waals surface area contributed by atoms with Gasteiger partial charge in [-0.05, 0) is 55.4 Å². The van der Waals surface area contributed by atoms with Gasteiger partial charge in [0.2, 0.25) is 0 Å². The highest BCUT2D eigenvalue weighted by Crippen LogP contribution is 2.33. The number of carboxylic acid groups (broad SMARTS) is 1. The van der Waals surface area contributed by atoms with E-state index in [4.69, 9.17) is 5.11 Å². The topological polar surface area (TPSA) is 70.4 Å². The maximum atomic E-state index is 11.1. The fourth-order valence-electron chi connectivity index (χ4n) is 3.65. The van der Waals surface area contributed by atoms with E-state index in [-0.39, 0.29) is 6.54 Å². The standard InChI is InChI=1S/C20H26N4O2/c25-20(26)14-23(13-16-2-3-16)19-10-17(11-19)21-12-15-4-6-18(7-5-15)24-9-1-8-22-24/h1,4-9,16-17,19,21H,2-3,10-14H2,(H,25,26). The lowest BCUT2D eigenvalue weighted by Gasteiger charge is -2.43. The van der Waals surface area contributed by atoms with Gasteiger partial charge in [0.1, 0.15) is 0 Å². The molecule has 2 aliphatic rings. The molecule has 2 aliphatic carbocycles. The number of benzene rings is 1. The summed E-state index contributed by atoms with van der Waals surface area (Å²) >= 11 is 0. The molecule has 1 heterocycles. The van der Waals surface area contributed by atoms with Crippen LogP contribution in [0.5, 0.6) is 0 Å². The van der Waals surface area contributed by atoms with Gasteiger partial charge in [0.25, 0.3) is 0 Å². The van der Waals surface area contributed by atoms with Gasteiger partial charge >= 0.3 is 5.97 Å². The average molecular weight is 354 g/mol. The predicted octanol–water partition coefficient (Wildman–Crippen LogP) is 2.29. The molecule has 0 unspecified atom stereocenters. The molecule has 1 aromatic carbocycles. The van der Waals surface area contributed by atoms with Crippen molar-refractivity contribution in [3.63, 3.8) is 0 Å². The number of aliphatic carboxylic acids is 1. The summed E-state index contributed by atoms with van der Waals surface area (Å²) in [5.74, 6) is 0.0222. The van der Waals surface area contributed by atoms with E-state index in [0.29, 0.717) is 12.1 Å². The van der Waals surface area contributed by atoms with Crippen LogP contribution in [0.25, 0.3) is 5.69 Å². The van der Waals surface area contributed by atoms with E-state index in [2.05, 4.69) is 39.6 Å². The molecule has 6 nitrogen and oxygen atoms in total. The number of nitrogens with one attached hydrogen (secondary N) is 1. The Bertz CT molecular complexity index is 719. The van der Waals surface area contributed by atoms with E-state index >= 15 is 0 Å². The van der Waals surface area contributed by atoms with Crippen LogP contribution < -0.4 is 5.32 Å². The Hall–Kier alpha value is -2.18. The minimum absolute atomic E-state index is 0.183. The quantitative estimate of drug-likeness (QED) is 0.723. The van der Waals surface area contributed by atoms with E-state index in [9.17, 15) is 4.79 Å². The molecule has 0 radical (unpaired) electrons. The molecule has 6 heteroatoms. The number of carbonyl (C=O) groups is 1. The number of carboxylic acids is 1. The summed E-state index contributed by atoms with van der Waals surface area (Å²) in [6, 6.07) is 11.2. The first kappa shape index (κ1) is 17.2. The molecule has 0 aliphatic heterocycles. The zero-order chi connectivity index (χ0) is 17.9. The second-order valence-corrected chi connectivity index (χ2v) is 7.59. The van der Waals surface area contributed by atoms with E-state index in [1.807, 2.05) is 16.9 Å². The molecule has 138 valence electrons. The van der Waals surface area contributed by atoms with Crippen molar-refractivity contribution in [1.82, 2.24) is 20.0 Å². The van der Waals surface area contributed by atoms with Gasteiger partial charge < -0.3 is 10.4 Å². The number of rotatable bonds is 9. The van der Waals surface area contributed by atoms with Crippen LogP contribution in [0.15, 0.2) is 42.7 Å². The van der Waals surface area contributed by atoms with Gasteiger partial charge in [0, 0.05) is 37.6 Å². The first-order chi connectivity index (χ1) is 12.7. The molecular weight excluding hydrogens is 328 g/mol. The van der Waals surface area contributed by atoms with Gasteiger partial charge in [-0.3, -0.25) is 9.69 Å². The molecule has 4 rings (SSSR count). The van der Waals surface area contributed by atoms with Crippen LogP contribution in [0.2, 0.25) is 0 Å². The summed E-state index contributed by atoms with van der Waals surface area (Å²) in [4.78, 5) is 13.3. The SMILES string of the molecule is O=C(O)CN(CC1CC1)C1CC(NCc2ccc(-n3cccn3)cc2)C1. The highest BCUT2D eigenvalue weighted by molar-refractivity contribution is 5.69. The maximum absolute atomic E-state index is 11.1. The van der Waals surface area contributed by atoms with Crippen LogP contribution in [0, 0.1) is 5.92 Å². The summed E-state index contributed by atoms with van der Waals surface area (Å²) in [6.45, 7) is 1.99. The van der Waals surface area contributed by atoms with Gasteiger partial charge in [-0.2, -0.15) is 5.10 Å². The molecule has 0 spiro atoms. The van der Waals surface area contributed by atoms with E-state index in [1.165, 1.54) is 18.4 Å². The summed E-state index contributed by atoms with van der Waals surface area (Å²) in [6.07, 6.45) is 8.33. The molecule has 2 N–H and O–H groups in total. The van der Waals surface area contributed by atoms with Crippen molar-refractivity contribution < 1.29 is 9.90 Å². The fourth-order valence-corrected chi connectivity index (χ4v) is 3.65. The van der Waals surface area contributed by atoms with E-state index in [1.54, 1.807) is 6.20 Å². The van der Waals surface area contributed by atoms with Crippen LogP contribution in [-0.4, -0.2) is 50.9 Å². The number of hydrogen-bond acceptors (Lipinski definition) is 4. The van der Waals surface area contributed by atoms with Crippen molar-refractivity contribution >= 4 is 5.97 Å². The summed E-state index contributed by atoms with van der Waals surface area (Å²) in [5, 5.41) is 17.0. The van der Waals surface area contributed by atoms with Crippen molar-refractivity contribution in [1.29, 1.82) is 0 Å². The van der Waals surface area contributed by atoms with Gasteiger partial charge in [-0.15, -0.1) is 0 Å². The Kier molecular flexibility index (Phi) is 5.04. The lowest BCUT2D eigenvalue weighted by Crippen LogP contribution is -2.54. The number of aromatic nitrogens is 2. The fraction of sp³-hybridized carbons (Fsp3) is 0.500. The van der Waals surface area contributed by atoms with Gasteiger partial charge in [-0.25, -0.2) is 4.68 Å². The second-order valence-electron chi connectivity index (χ2n) is 7.59. The van der Waals surface area contributed by atoms with Gasteiger partial charge in [0.05, 0.1) is 12.2 Å². The Labute approximate surface area is 153 Å². The van der Waals surface area contributed by atoms with Crippen molar-refractivity contribution in [2.45, 2.75) is 44.3 Å². The lowest BCUT2D eigenvalue weighted by atomic mass is 9.85. The molecular formula is C20H26N4O2. The molecule has 0 bridgehead atoms. The zero-order valence-corrected chi connectivity index (χ0v) is 14.9. The minimum atomic E-state index is -0.709. The first-order valence-corrected chi connectivity index (χ1v) is 9.45. The molecule has 0 amide bonds. The van der Waals surface area contributed by atoms with Crippen LogP contribution >= 0.6 is 0 Å². The smallest absolute Gasteiger partial charge is 0.317 e. The normalized spacial score (nSPS) is 22.3. The molecule has 2 aromatic rings. The molecule has 2 fully saturated rings. The zero-order valence-electron chi connectivity index (χ0n) is 14.9. The second kappa shape index (κ2) is 7.60. The van der Waals surface area contributed by atoms with Crippen LogP contribution in [0.4, 0.5) is 0 Å². The van der Waals surface area contributed by atoms with Crippen LogP contribution in [-0.2, 0) is 11.3 Å². The molecule has 0 saturated heterocycles. The first-order valence-electron chi connectivity index (χ1n) is 9.45. The summed E-state index contributed by atoms with van der Waals surface area (Å²) < 4.78 is 1.85. The van der Waals surface area contributed by atoms with Crippen molar-refractivity contribution in [3.05, 3.63) is 48.3 Å². The van der Waals surface area contributed by atoms with Gasteiger partial charge in [-0.1, -0.05) is 12.1 Å². The van der Waals surface area contributed by atoms with Crippen LogP contribution in [0.3, 0.4) is 0 Å². The van der Waals surface area contributed by atoms with Gasteiger partial charge in [0.15, 0.2) is 0 Å². The van der Waals surface area contributed by atoms with Crippen molar-refractivity contribution in [2.75, 3.05) is 13.1 Å². The lowest BCUT2D eigenvalue weighted by molar-refractivity contribution is -0.139. The highest BCUT2D eigenvalue weighted by Gasteiger charge is 2.36. The Morgan fingerprint density at radius 3 is 2.65 bits per heavy atom. The van der Waals surface area contributed by atoms with E-state index < -0.39 is 5.97 Å². The number of hydrogen-bond donors (Lipinski definition) is 2. The Balaban J connectivity index is 1.23. The maximum Gasteiger partial charge on any atom is 0.317 e. The Morgan fingerprint density at radius 1 is 1.27 bits per heavy atom. The highest BCUT2D eigenvalue weighted by atomic mass is 16.4. The molecule has 0 atom stereocenters. The summed E-state index contributed by atoms with van der Waals surface area (Å²) in [7, 11) is 0. The number of nitrogens with zero attached hydrogens (tertiary/aromatic N) is 3. The monoisotopic (exact) mass is 354 g/mol. The third kappa shape index (κ3) is 4.31.